The van der Waals surface area contributed by atoms with Crippen LogP contribution in [-0.4, -0.2) is 15.7 Å². The summed E-state index contributed by atoms with van der Waals surface area (Å²) in [6.07, 6.45) is 2.06. The van der Waals surface area contributed by atoms with Crippen molar-refractivity contribution in [3.63, 3.8) is 0 Å². The fourth-order valence-corrected chi connectivity index (χ4v) is 3.87. The third kappa shape index (κ3) is 4.13. The van der Waals surface area contributed by atoms with Gasteiger partial charge in [-0.3, -0.25) is 4.79 Å². The smallest absolute Gasteiger partial charge is 0.229 e. The van der Waals surface area contributed by atoms with Crippen molar-refractivity contribution in [3.05, 3.63) is 67.9 Å². The first-order valence-corrected chi connectivity index (χ1v) is 9.29. The lowest BCUT2D eigenvalue weighted by molar-refractivity contribution is -0.115. The highest BCUT2D eigenvalue weighted by Gasteiger charge is 2.10. The lowest BCUT2D eigenvalue weighted by atomic mass is 10.0. The molecule has 0 saturated carbocycles. The highest BCUT2D eigenvalue weighted by Crippen LogP contribution is 2.21. The minimum atomic E-state index is -0.0348. The van der Waals surface area contributed by atoms with E-state index in [0.717, 1.165) is 10.0 Å². The van der Waals surface area contributed by atoms with Crippen molar-refractivity contribution in [1.82, 2.24) is 9.78 Å². The zero-order valence-corrected chi connectivity index (χ0v) is 15.9. The van der Waals surface area contributed by atoms with Crippen molar-refractivity contribution in [2.24, 2.45) is 0 Å². The average Bonchev–Trinajstić information content (AvgIpc) is 3.13. The van der Waals surface area contributed by atoms with Crippen molar-refractivity contribution < 1.29 is 4.79 Å². The van der Waals surface area contributed by atoms with Crippen LogP contribution in [0.3, 0.4) is 0 Å². The molecule has 0 radical (unpaired) electrons. The van der Waals surface area contributed by atoms with Gasteiger partial charge in [-0.2, -0.15) is 5.10 Å². The maximum atomic E-state index is 12.3. The van der Waals surface area contributed by atoms with Gasteiger partial charge in [0.15, 0.2) is 0 Å². The standard InChI is InChI=1S/C18H18BrN3OS/c1-12-3-4-14(7-13(12)2)8-18(23)21-17-5-6-20-22(17)10-16-9-15(19)11-24-16/h3-7,9,11H,8,10H2,1-2H3,(H,21,23). The van der Waals surface area contributed by atoms with Gasteiger partial charge < -0.3 is 5.32 Å². The predicted octanol–water partition coefficient (Wildman–Crippen LogP) is 4.55. The highest BCUT2D eigenvalue weighted by atomic mass is 79.9. The number of nitrogens with zero attached hydrogens (tertiary/aromatic N) is 2. The number of anilines is 1. The van der Waals surface area contributed by atoms with E-state index in [4.69, 9.17) is 0 Å². The molecule has 0 spiro atoms. The summed E-state index contributed by atoms with van der Waals surface area (Å²) in [6.45, 7) is 4.77. The van der Waals surface area contributed by atoms with Gasteiger partial charge in [-0.1, -0.05) is 18.2 Å². The largest absolute Gasteiger partial charge is 0.311 e. The maximum Gasteiger partial charge on any atom is 0.229 e. The quantitative estimate of drug-likeness (QED) is 0.678. The van der Waals surface area contributed by atoms with Crippen LogP contribution >= 0.6 is 27.3 Å². The van der Waals surface area contributed by atoms with E-state index in [1.54, 1.807) is 22.2 Å². The minimum Gasteiger partial charge on any atom is -0.311 e. The molecule has 0 aliphatic carbocycles. The van der Waals surface area contributed by atoms with Crippen molar-refractivity contribution in [2.45, 2.75) is 26.8 Å². The van der Waals surface area contributed by atoms with Crippen molar-refractivity contribution >= 4 is 39.0 Å². The Morgan fingerprint density at radius 1 is 1.25 bits per heavy atom. The average molecular weight is 404 g/mol. The first-order valence-electron chi connectivity index (χ1n) is 7.62. The summed E-state index contributed by atoms with van der Waals surface area (Å²) in [7, 11) is 0. The number of nitrogens with one attached hydrogen (secondary N) is 1. The summed E-state index contributed by atoms with van der Waals surface area (Å²) in [6, 6.07) is 10.0. The van der Waals surface area contributed by atoms with E-state index in [0.29, 0.717) is 18.8 Å². The molecule has 0 fully saturated rings. The monoisotopic (exact) mass is 403 g/mol. The van der Waals surface area contributed by atoms with Gasteiger partial charge >= 0.3 is 0 Å². The fraction of sp³-hybridized carbons (Fsp3) is 0.222. The number of rotatable bonds is 5. The molecule has 2 aromatic heterocycles. The SMILES string of the molecule is Cc1ccc(CC(=O)Nc2ccnn2Cc2cc(Br)cs2)cc1C. The molecule has 3 aromatic rings. The molecule has 124 valence electrons. The second kappa shape index (κ2) is 7.32. The molecule has 0 bridgehead atoms. The van der Waals surface area contributed by atoms with E-state index in [9.17, 15) is 4.79 Å². The molecule has 1 N–H and O–H groups in total. The Bertz CT molecular complexity index is 869. The number of carbonyl (C=O) groups excluding carboxylic acids is 1. The first-order chi connectivity index (χ1) is 11.5. The molecule has 0 aliphatic rings. The number of aryl methyl sites for hydroxylation is 2. The van der Waals surface area contributed by atoms with E-state index in [-0.39, 0.29) is 5.91 Å². The summed E-state index contributed by atoms with van der Waals surface area (Å²) in [5.74, 6) is 0.681. The predicted molar refractivity (Wildman–Crippen MR) is 102 cm³/mol. The Hall–Kier alpha value is -1.92. The number of thiophene rings is 1. The number of aromatic nitrogens is 2. The lowest BCUT2D eigenvalue weighted by Gasteiger charge is -2.09. The number of hydrogen-bond acceptors (Lipinski definition) is 3. The van der Waals surface area contributed by atoms with Gasteiger partial charge in [0, 0.05) is 20.8 Å². The summed E-state index contributed by atoms with van der Waals surface area (Å²) in [5.41, 5.74) is 3.46. The van der Waals surface area contributed by atoms with E-state index in [1.807, 2.05) is 17.5 Å². The highest BCUT2D eigenvalue weighted by molar-refractivity contribution is 9.10. The van der Waals surface area contributed by atoms with Gasteiger partial charge in [0.2, 0.25) is 5.91 Å². The molecule has 24 heavy (non-hydrogen) atoms. The zero-order valence-electron chi connectivity index (χ0n) is 13.5. The number of halogens is 1. The molecular weight excluding hydrogens is 386 g/mol. The molecule has 4 nitrogen and oxygen atoms in total. The van der Waals surface area contributed by atoms with Crippen LogP contribution in [0.15, 0.2) is 46.4 Å². The second-order valence-corrected chi connectivity index (χ2v) is 7.66. The van der Waals surface area contributed by atoms with Crippen molar-refractivity contribution in [1.29, 1.82) is 0 Å². The zero-order chi connectivity index (χ0) is 17.1. The molecule has 0 unspecified atom stereocenters. The van der Waals surface area contributed by atoms with E-state index in [2.05, 4.69) is 58.4 Å². The van der Waals surface area contributed by atoms with Gasteiger partial charge in [0.05, 0.1) is 19.2 Å². The first kappa shape index (κ1) is 16.9. The minimum absolute atomic E-state index is 0.0348. The maximum absolute atomic E-state index is 12.3. The molecular formula is C18H18BrN3OS. The van der Waals surface area contributed by atoms with Crippen molar-refractivity contribution in [3.8, 4) is 0 Å². The third-order valence-electron chi connectivity index (χ3n) is 3.85. The fourth-order valence-electron chi connectivity index (χ4n) is 2.44. The number of carbonyl (C=O) groups is 1. The van der Waals surface area contributed by atoms with Crippen LogP contribution in [0.2, 0.25) is 0 Å². The van der Waals surface area contributed by atoms with E-state index >= 15 is 0 Å². The molecule has 1 amide bonds. The molecule has 2 heterocycles. The van der Waals surface area contributed by atoms with E-state index < -0.39 is 0 Å². The summed E-state index contributed by atoms with van der Waals surface area (Å²) in [4.78, 5) is 13.5. The summed E-state index contributed by atoms with van der Waals surface area (Å²) in [5, 5.41) is 9.29. The molecule has 3 rings (SSSR count). The Labute approximate surface area is 153 Å². The number of hydrogen-bond donors (Lipinski definition) is 1. The summed E-state index contributed by atoms with van der Waals surface area (Å²) >= 11 is 5.11. The van der Waals surface area contributed by atoms with E-state index in [1.165, 1.54) is 16.0 Å². The molecule has 6 heteroatoms. The van der Waals surface area contributed by atoms with Gasteiger partial charge in [-0.15, -0.1) is 11.3 Å². The van der Waals surface area contributed by atoms with Gasteiger partial charge in [0.25, 0.3) is 0 Å². The Morgan fingerprint density at radius 2 is 2.08 bits per heavy atom. The molecule has 0 atom stereocenters. The van der Waals surface area contributed by atoms with Crippen LogP contribution in [0.4, 0.5) is 5.82 Å². The van der Waals surface area contributed by atoms with Gasteiger partial charge in [-0.25, -0.2) is 4.68 Å². The normalized spacial score (nSPS) is 10.8. The lowest BCUT2D eigenvalue weighted by Crippen LogP contribution is -2.18. The Morgan fingerprint density at radius 3 is 2.79 bits per heavy atom. The van der Waals surface area contributed by atoms with Gasteiger partial charge in [0.1, 0.15) is 5.82 Å². The second-order valence-electron chi connectivity index (χ2n) is 5.75. The van der Waals surface area contributed by atoms with Crippen molar-refractivity contribution in [2.75, 3.05) is 5.32 Å². The summed E-state index contributed by atoms with van der Waals surface area (Å²) < 4.78 is 2.87. The molecule has 0 aliphatic heterocycles. The Kier molecular flexibility index (Phi) is 5.16. The molecule has 0 saturated heterocycles. The molecule has 1 aromatic carbocycles. The van der Waals surface area contributed by atoms with Crippen LogP contribution < -0.4 is 5.32 Å². The van der Waals surface area contributed by atoms with Crippen LogP contribution in [0.1, 0.15) is 21.6 Å². The van der Waals surface area contributed by atoms with Gasteiger partial charge in [-0.05, 0) is 52.5 Å². The number of amides is 1. The third-order valence-corrected chi connectivity index (χ3v) is 5.53. The van der Waals surface area contributed by atoms with Crippen LogP contribution in [0, 0.1) is 13.8 Å². The van der Waals surface area contributed by atoms with Crippen LogP contribution in [0.25, 0.3) is 0 Å². The number of benzene rings is 1. The van der Waals surface area contributed by atoms with Crippen LogP contribution in [0.5, 0.6) is 0 Å². The topological polar surface area (TPSA) is 46.9 Å². The Balaban J connectivity index is 1.66. The van der Waals surface area contributed by atoms with Crippen LogP contribution in [-0.2, 0) is 17.8 Å².